The smallest absolute Gasteiger partial charge is 0.119 e. The summed E-state index contributed by atoms with van der Waals surface area (Å²) >= 11 is 0. The molecule has 0 N–H and O–H groups in total. The van der Waals surface area contributed by atoms with Crippen molar-refractivity contribution in [1.82, 2.24) is 4.57 Å². The molecule has 2 heterocycles. The Morgan fingerprint density at radius 3 is 2.44 bits per heavy atom. The van der Waals surface area contributed by atoms with Gasteiger partial charge in [-0.3, -0.25) is 0 Å². The van der Waals surface area contributed by atoms with Crippen LogP contribution in [0.3, 0.4) is 0 Å². The molecule has 0 bridgehead atoms. The van der Waals surface area contributed by atoms with Gasteiger partial charge in [-0.25, -0.2) is 0 Å². The molecule has 2 nitrogen and oxygen atoms in total. The second-order valence-corrected chi connectivity index (χ2v) is 8.89. The van der Waals surface area contributed by atoms with Gasteiger partial charge in [-0.05, 0) is 52.9 Å². The molecular weight excluding hydrogens is 390 g/mol. The number of methoxy groups -OCH3 is 1. The van der Waals surface area contributed by atoms with E-state index in [1.54, 1.807) is 7.11 Å². The van der Waals surface area contributed by atoms with Crippen LogP contribution in [0.4, 0.5) is 0 Å². The summed E-state index contributed by atoms with van der Waals surface area (Å²) in [4.78, 5) is 0. The average Bonchev–Trinajstić information content (AvgIpc) is 3.41. The summed E-state index contributed by atoms with van der Waals surface area (Å²) in [5.41, 5.74) is 11.0. The van der Waals surface area contributed by atoms with Gasteiger partial charge in [0.25, 0.3) is 0 Å². The Balaban J connectivity index is 1.64. The van der Waals surface area contributed by atoms with Crippen molar-refractivity contribution in [2.75, 3.05) is 7.11 Å². The van der Waals surface area contributed by atoms with Gasteiger partial charge in [0.2, 0.25) is 0 Å². The maximum atomic E-state index is 5.66. The molecule has 1 aromatic heterocycles. The Morgan fingerprint density at radius 1 is 0.781 bits per heavy atom. The minimum absolute atomic E-state index is 0.343. The van der Waals surface area contributed by atoms with E-state index in [-0.39, 0.29) is 0 Å². The predicted molar refractivity (Wildman–Crippen MR) is 130 cm³/mol. The maximum Gasteiger partial charge on any atom is 0.119 e. The Bertz CT molecular complexity index is 1490. The van der Waals surface area contributed by atoms with Crippen LogP contribution in [0.2, 0.25) is 0 Å². The predicted octanol–water partition coefficient (Wildman–Crippen LogP) is 7.09. The minimum atomic E-state index is 0.343. The van der Waals surface area contributed by atoms with Crippen LogP contribution in [-0.4, -0.2) is 11.7 Å². The lowest BCUT2D eigenvalue weighted by Gasteiger charge is -2.33. The van der Waals surface area contributed by atoms with Crippen LogP contribution in [0.15, 0.2) is 97.1 Å². The first-order valence-corrected chi connectivity index (χ1v) is 11.3. The van der Waals surface area contributed by atoms with E-state index in [0.29, 0.717) is 11.8 Å². The molecular formula is C30H23NO. The third kappa shape index (κ3) is 2.30. The molecule has 2 atom stereocenters. The van der Waals surface area contributed by atoms with Crippen molar-refractivity contribution in [3.05, 3.63) is 119 Å². The van der Waals surface area contributed by atoms with Gasteiger partial charge in [-0.15, -0.1) is 0 Å². The van der Waals surface area contributed by atoms with Gasteiger partial charge >= 0.3 is 0 Å². The standard InChI is InChI=1S/C30H23NO/c1-32-21-15-16-27-24(18-21)29-22-12-6-5-11-20(22)17-25(29)30-28(19-9-3-2-4-10-19)23-13-7-8-14-26(23)31(27)30/h2-16,18,25,29H,17H2,1H3/t25-,29-/m1/s1. The number of hydrogen-bond donors (Lipinski definition) is 0. The second kappa shape index (κ2) is 6.61. The second-order valence-electron chi connectivity index (χ2n) is 8.89. The fourth-order valence-electron chi connectivity index (χ4n) is 6.12. The molecule has 1 aliphatic heterocycles. The van der Waals surface area contributed by atoms with Crippen molar-refractivity contribution < 1.29 is 4.74 Å². The van der Waals surface area contributed by atoms with Gasteiger partial charge in [-0.1, -0.05) is 72.8 Å². The van der Waals surface area contributed by atoms with Gasteiger partial charge < -0.3 is 9.30 Å². The number of benzene rings is 4. The molecule has 154 valence electrons. The summed E-state index contributed by atoms with van der Waals surface area (Å²) in [5, 5.41) is 1.33. The molecule has 0 amide bonds. The quantitative estimate of drug-likeness (QED) is 0.301. The third-order valence-corrected chi connectivity index (χ3v) is 7.37. The van der Waals surface area contributed by atoms with Crippen LogP contribution >= 0.6 is 0 Å². The third-order valence-electron chi connectivity index (χ3n) is 7.37. The number of para-hydroxylation sites is 1. The Hall–Kier alpha value is -3.78. The van der Waals surface area contributed by atoms with E-state index < -0.39 is 0 Å². The Morgan fingerprint density at radius 2 is 1.56 bits per heavy atom. The fourth-order valence-corrected chi connectivity index (χ4v) is 6.12. The zero-order chi connectivity index (χ0) is 21.2. The highest BCUT2D eigenvalue weighted by Crippen LogP contribution is 2.57. The van der Waals surface area contributed by atoms with E-state index in [9.17, 15) is 0 Å². The van der Waals surface area contributed by atoms with Gasteiger partial charge in [0.05, 0.1) is 12.6 Å². The lowest BCUT2D eigenvalue weighted by Crippen LogP contribution is -2.21. The van der Waals surface area contributed by atoms with Gasteiger partial charge in [-0.2, -0.15) is 0 Å². The molecule has 4 aromatic carbocycles. The SMILES string of the molecule is COc1ccc2c(c1)[C@H]1c3ccccc3C[C@H]1c1c(-c3ccccc3)c3ccccc3n1-2. The summed E-state index contributed by atoms with van der Waals surface area (Å²) in [6.07, 6.45) is 1.06. The number of fused-ring (bicyclic) bond motifs is 10. The van der Waals surface area contributed by atoms with E-state index in [1.807, 2.05) is 0 Å². The molecule has 5 aromatic rings. The molecule has 2 heteroatoms. The maximum absolute atomic E-state index is 5.66. The molecule has 7 rings (SSSR count). The molecule has 2 aliphatic rings. The van der Waals surface area contributed by atoms with E-state index in [1.165, 1.54) is 50.1 Å². The molecule has 0 unspecified atom stereocenters. The molecule has 0 spiro atoms. The summed E-state index contributed by atoms with van der Waals surface area (Å²) in [6.45, 7) is 0. The number of ether oxygens (including phenoxy) is 1. The Kier molecular flexibility index (Phi) is 3.69. The number of aromatic nitrogens is 1. The number of hydrogen-bond acceptors (Lipinski definition) is 1. The molecule has 0 saturated heterocycles. The zero-order valence-electron chi connectivity index (χ0n) is 18.0. The van der Waals surface area contributed by atoms with E-state index in [2.05, 4.69) is 102 Å². The van der Waals surface area contributed by atoms with Crippen LogP contribution in [0.5, 0.6) is 5.75 Å². The number of rotatable bonds is 2. The van der Waals surface area contributed by atoms with E-state index in [4.69, 9.17) is 4.74 Å². The normalized spacial score (nSPS) is 18.0. The van der Waals surface area contributed by atoms with Crippen molar-refractivity contribution in [3.63, 3.8) is 0 Å². The van der Waals surface area contributed by atoms with Crippen molar-refractivity contribution in [2.45, 2.75) is 18.3 Å². The minimum Gasteiger partial charge on any atom is -0.497 e. The number of nitrogens with zero attached hydrogens (tertiary/aromatic N) is 1. The monoisotopic (exact) mass is 413 g/mol. The van der Waals surface area contributed by atoms with Crippen LogP contribution in [-0.2, 0) is 6.42 Å². The summed E-state index contributed by atoms with van der Waals surface area (Å²) in [6, 6.07) is 35.4. The van der Waals surface area contributed by atoms with Crippen molar-refractivity contribution in [1.29, 1.82) is 0 Å². The van der Waals surface area contributed by atoms with Crippen LogP contribution in [0, 0.1) is 0 Å². The van der Waals surface area contributed by atoms with E-state index in [0.717, 1.165) is 12.2 Å². The first-order valence-electron chi connectivity index (χ1n) is 11.3. The molecule has 0 radical (unpaired) electrons. The topological polar surface area (TPSA) is 14.2 Å². The average molecular weight is 414 g/mol. The van der Waals surface area contributed by atoms with E-state index >= 15 is 0 Å². The highest BCUT2D eigenvalue weighted by Gasteiger charge is 2.43. The summed E-state index contributed by atoms with van der Waals surface area (Å²) in [5.74, 6) is 1.67. The highest BCUT2D eigenvalue weighted by atomic mass is 16.5. The van der Waals surface area contributed by atoms with Crippen molar-refractivity contribution in [2.24, 2.45) is 0 Å². The van der Waals surface area contributed by atoms with Crippen LogP contribution in [0.1, 0.15) is 34.2 Å². The Labute approximate surface area is 187 Å². The molecule has 0 fully saturated rings. The molecule has 32 heavy (non-hydrogen) atoms. The molecule has 1 aliphatic carbocycles. The lowest BCUT2D eigenvalue weighted by atomic mass is 9.78. The van der Waals surface area contributed by atoms with Gasteiger partial charge in [0.1, 0.15) is 5.75 Å². The van der Waals surface area contributed by atoms with Crippen molar-refractivity contribution in [3.8, 4) is 22.6 Å². The zero-order valence-corrected chi connectivity index (χ0v) is 18.0. The van der Waals surface area contributed by atoms with Crippen LogP contribution < -0.4 is 4.74 Å². The fraction of sp³-hybridized carbons (Fsp3) is 0.133. The largest absolute Gasteiger partial charge is 0.497 e. The highest BCUT2D eigenvalue weighted by molar-refractivity contribution is 6.00. The lowest BCUT2D eigenvalue weighted by molar-refractivity contribution is 0.413. The van der Waals surface area contributed by atoms with Gasteiger partial charge in [0.15, 0.2) is 0 Å². The first-order chi connectivity index (χ1) is 15.8. The summed E-state index contributed by atoms with van der Waals surface area (Å²) in [7, 11) is 1.76. The van der Waals surface area contributed by atoms with Gasteiger partial charge in [0, 0.05) is 34.2 Å². The first kappa shape index (κ1) is 17.9. The molecule has 0 saturated carbocycles. The van der Waals surface area contributed by atoms with Crippen LogP contribution in [0.25, 0.3) is 27.7 Å². The summed E-state index contributed by atoms with van der Waals surface area (Å²) < 4.78 is 8.18. The van der Waals surface area contributed by atoms with Crippen molar-refractivity contribution >= 4 is 10.9 Å².